The van der Waals surface area contributed by atoms with E-state index in [9.17, 15) is 9.59 Å². The first kappa shape index (κ1) is 30.7. The Labute approximate surface area is 192 Å². The number of methoxy groups -OCH3 is 1. The van der Waals surface area contributed by atoms with Gasteiger partial charge in [0.25, 0.3) is 0 Å². The van der Waals surface area contributed by atoms with E-state index in [-0.39, 0.29) is 25.0 Å². The molecular formula is C22H42O10. The standard InChI is InChI=1S/C22H42O10/c1-3-4-5-6-22(24)32-20-19-31-18-17-30-16-15-29-14-13-28-12-11-27-10-9-26-8-7-21(23)25-2/h3-20H2,1-2H3. The molecule has 0 aromatic heterocycles. The molecule has 0 aliphatic rings. The van der Waals surface area contributed by atoms with Crippen molar-refractivity contribution in [2.24, 2.45) is 0 Å². The molecule has 0 aromatic carbocycles. The second kappa shape index (κ2) is 26.0. The van der Waals surface area contributed by atoms with Gasteiger partial charge in [-0.3, -0.25) is 9.59 Å². The quantitative estimate of drug-likeness (QED) is 0.146. The number of hydrogen-bond donors (Lipinski definition) is 0. The summed E-state index contributed by atoms with van der Waals surface area (Å²) in [6, 6.07) is 0. The van der Waals surface area contributed by atoms with Crippen molar-refractivity contribution in [2.45, 2.75) is 39.0 Å². The Morgan fingerprint density at radius 1 is 0.500 bits per heavy atom. The van der Waals surface area contributed by atoms with Gasteiger partial charge >= 0.3 is 11.9 Å². The van der Waals surface area contributed by atoms with Gasteiger partial charge in [0.05, 0.1) is 92.8 Å². The normalized spacial score (nSPS) is 10.9. The Balaban J connectivity index is 3.09. The van der Waals surface area contributed by atoms with Crippen molar-refractivity contribution in [3.8, 4) is 0 Å². The van der Waals surface area contributed by atoms with E-state index in [1.807, 2.05) is 0 Å². The molecule has 0 aliphatic heterocycles. The minimum absolute atomic E-state index is 0.161. The maximum absolute atomic E-state index is 11.4. The first-order chi connectivity index (χ1) is 15.7. The molecule has 0 rings (SSSR count). The zero-order valence-corrected chi connectivity index (χ0v) is 19.8. The van der Waals surface area contributed by atoms with Gasteiger partial charge in [-0.2, -0.15) is 0 Å². The monoisotopic (exact) mass is 466 g/mol. The van der Waals surface area contributed by atoms with Gasteiger partial charge in [0.2, 0.25) is 0 Å². The van der Waals surface area contributed by atoms with Gasteiger partial charge in [-0.1, -0.05) is 19.8 Å². The number of carbonyl (C=O) groups is 2. The number of esters is 2. The molecular weight excluding hydrogens is 424 g/mol. The van der Waals surface area contributed by atoms with Gasteiger partial charge in [-0.15, -0.1) is 0 Å². The highest BCUT2D eigenvalue weighted by molar-refractivity contribution is 5.69. The fourth-order valence-corrected chi connectivity index (χ4v) is 2.27. The molecule has 0 aromatic rings. The molecule has 0 spiro atoms. The average Bonchev–Trinajstić information content (AvgIpc) is 2.80. The Bertz CT molecular complexity index is 420. The van der Waals surface area contributed by atoms with E-state index in [0.29, 0.717) is 85.7 Å². The first-order valence-corrected chi connectivity index (χ1v) is 11.4. The van der Waals surface area contributed by atoms with E-state index in [1.165, 1.54) is 7.11 Å². The van der Waals surface area contributed by atoms with Crippen LogP contribution in [0.1, 0.15) is 39.0 Å². The van der Waals surface area contributed by atoms with Crippen LogP contribution in [0.4, 0.5) is 0 Å². The van der Waals surface area contributed by atoms with Crippen LogP contribution < -0.4 is 0 Å². The van der Waals surface area contributed by atoms with Gasteiger partial charge in [0, 0.05) is 6.42 Å². The number of unbranched alkanes of at least 4 members (excludes halogenated alkanes) is 2. The summed E-state index contributed by atoms with van der Waals surface area (Å²) in [5.41, 5.74) is 0. The molecule has 0 atom stereocenters. The van der Waals surface area contributed by atoms with Crippen molar-refractivity contribution in [3.63, 3.8) is 0 Å². The zero-order chi connectivity index (χ0) is 23.5. The SMILES string of the molecule is CCCCCC(=O)OCCOCCOCCOCCOCCOCCOCCC(=O)OC. The highest BCUT2D eigenvalue weighted by atomic mass is 16.6. The van der Waals surface area contributed by atoms with Gasteiger partial charge < -0.3 is 37.9 Å². The molecule has 10 nitrogen and oxygen atoms in total. The van der Waals surface area contributed by atoms with Crippen molar-refractivity contribution in [1.29, 1.82) is 0 Å². The molecule has 10 heteroatoms. The van der Waals surface area contributed by atoms with Crippen LogP contribution in [0.25, 0.3) is 0 Å². The molecule has 0 saturated heterocycles. The van der Waals surface area contributed by atoms with Gasteiger partial charge in [0.1, 0.15) is 6.61 Å². The molecule has 0 unspecified atom stereocenters. The third-order valence-electron chi connectivity index (χ3n) is 4.01. The van der Waals surface area contributed by atoms with Crippen LogP contribution in [0.15, 0.2) is 0 Å². The fraction of sp³-hybridized carbons (Fsp3) is 0.909. The molecule has 0 saturated carbocycles. The molecule has 0 heterocycles. The summed E-state index contributed by atoms with van der Waals surface area (Å²) >= 11 is 0. The molecule has 0 amide bonds. The summed E-state index contributed by atoms with van der Waals surface area (Å²) in [6.45, 7) is 7.77. The highest BCUT2D eigenvalue weighted by Crippen LogP contribution is 2.00. The molecule has 0 fully saturated rings. The topological polar surface area (TPSA) is 108 Å². The lowest BCUT2D eigenvalue weighted by Crippen LogP contribution is -2.15. The van der Waals surface area contributed by atoms with E-state index in [2.05, 4.69) is 11.7 Å². The largest absolute Gasteiger partial charge is 0.469 e. The van der Waals surface area contributed by atoms with Gasteiger partial charge in [-0.25, -0.2) is 0 Å². The maximum Gasteiger partial charge on any atom is 0.307 e. The second-order valence-electron chi connectivity index (χ2n) is 6.68. The molecule has 32 heavy (non-hydrogen) atoms. The second-order valence-corrected chi connectivity index (χ2v) is 6.68. The van der Waals surface area contributed by atoms with Crippen molar-refractivity contribution >= 4 is 11.9 Å². The Morgan fingerprint density at radius 2 is 0.906 bits per heavy atom. The molecule has 190 valence electrons. The van der Waals surface area contributed by atoms with E-state index in [1.54, 1.807) is 0 Å². The predicted molar refractivity (Wildman–Crippen MR) is 117 cm³/mol. The number of rotatable bonds is 25. The third kappa shape index (κ3) is 25.0. The molecule has 0 radical (unpaired) electrons. The maximum atomic E-state index is 11.4. The molecule has 0 N–H and O–H groups in total. The Hall–Kier alpha value is -1.30. The number of ether oxygens (including phenoxy) is 8. The van der Waals surface area contributed by atoms with Crippen molar-refractivity contribution in [2.75, 3.05) is 93.0 Å². The lowest BCUT2D eigenvalue weighted by molar-refractivity contribution is -0.145. The van der Waals surface area contributed by atoms with Crippen LogP contribution in [0.2, 0.25) is 0 Å². The molecule has 0 aliphatic carbocycles. The van der Waals surface area contributed by atoms with Crippen LogP contribution >= 0.6 is 0 Å². The first-order valence-electron chi connectivity index (χ1n) is 11.4. The highest BCUT2D eigenvalue weighted by Gasteiger charge is 2.02. The van der Waals surface area contributed by atoms with Crippen molar-refractivity contribution in [3.05, 3.63) is 0 Å². The number of hydrogen-bond acceptors (Lipinski definition) is 10. The summed E-state index contributed by atoms with van der Waals surface area (Å²) in [5, 5.41) is 0. The summed E-state index contributed by atoms with van der Waals surface area (Å²) in [5.74, 6) is -0.447. The van der Waals surface area contributed by atoms with Crippen LogP contribution in [-0.4, -0.2) is 105 Å². The van der Waals surface area contributed by atoms with Gasteiger partial charge in [0.15, 0.2) is 0 Å². The van der Waals surface area contributed by atoms with E-state index >= 15 is 0 Å². The number of carbonyl (C=O) groups excluding carboxylic acids is 2. The van der Waals surface area contributed by atoms with Crippen LogP contribution in [0, 0.1) is 0 Å². The van der Waals surface area contributed by atoms with Crippen molar-refractivity contribution in [1.82, 2.24) is 0 Å². The van der Waals surface area contributed by atoms with E-state index in [0.717, 1.165) is 19.3 Å². The summed E-state index contributed by atoms with van der Waals surface area (Å²) in [7, 11) is 1.35. The molecule has 0 bridgehead atoms. The summed E-state index contributed by atoms with van der Waals surface area (Å²) in [4.78, 5) is 22.3. The lowest BCUT2D eigenvalue weighted by Gasteiger charge is -2.08. The fourth-order valence-electron chi connectivity index (χ4n) is 2.27. The lowest BCUT2D eigenvalue weighted by atomic mass is 10.2. The van der Waals surface area contributed by atoms with E-state index < -0.39 is 0 Å². The minimum atomic E-state index is -0.286. The third-order valence-corrected chi connectivity index (χ3v) is 4.01. The van der Waals surface area contributed by atoms with Crippen LogP contribution in [0.3, 0.4) is 0 Å². The summed E-state index contributed by atoms with van der Waals surface area (Å²) < 4.78 is 41.7. The smallest absolute Gasteiger partial charge is 0.307 e. The predicted octanol–water partition coefficient (Wildman–Crippen LogP) is 1.77. The summed E-state index contributed by atoms with van der Waals surface area (Å²) in [6.07, 6.45) is 3.74. The zero-order valence-electron chi connectivity index (χ0n) is 19.8. The van der Waals surface area contributed by atoms with E-state index in [4.69, 9.17) is 33.2 Å². The Morgan fingerprint density at radius 3 is 1.31 bits per heavy atom. The van der Waals surface area contributed by atoms with Crippen LogP contribution in [0.5, 0.6) is 0 Å². The average molecular weight is 467 g/mol. The van der Waals surface area contributed by atoms with Gasteiger partial charge in [-0.05, 0) is 6.42 Å². The minimum Gasteiger partial charge on any atom is -0.469 e. The van der Waals surface area contributed by atoms with Crippen molar-refractivity contribution < 1.29 is 47.5 Å². The van der Waals surface area contributed by atoms with Crippen LogP contribution in [-0.2, 0) is 47.5 Å². The Kier molecular flexibility index (Phi) is 24.9.